The van der Waals surface area contributed by atoms with Gasteiger partial charge in [0, 0.05) is 18.6 Å². The molecule has 14 atom stereocenters. The maximum atomic E-state index is 11.0. The number of aliphatic hydroxyl groups excluding tert-OH is 5. The van der Waals surface area contributed by atoms with E-state index < -0.39 is 92.2 Å². The monoisotopic (exact) mass is 483 g/mol. The van der Waals surface area contributed by atoms with Gasteiger partial charge in [0.1, 0.15) is 36.6 Å². The molecular weight excluding hydrogens is 442 g/mol. The topological polar surface area (TPSA) is 268 Å². The first-order valence-electron chi connectivity index (χ1n) is 10.8. The molecule has 14 heteroatoms. The molecule has 0 aromatic carbocycles. The zero-order valence-corrected chi connectivity index (χ0v) is 17.7. The third-order valence-corrected chi connectivity index (χ3v) is 6.41. The molecule has 0 amide bonds. The van der Waals surface area contributed by atoms with Crippen molar-refractivity contribution in [2.75, 3.05) is 13.2 Å². The zero-order valence-electron chi connectivity index (χ0n) is 17.7. The quantitative estimate of drug-likeness (QED) is 0.169. The molecule has 0 unspecified atom stereocenters. The van der Waals surface area contributed by atoms with E-state index in [4.69, 9.17) is 47.6 Å². The van der Waals surface area contributed by atoms with E-state index in [1.54, 1.807) is 0 Å². The van der Waals surface area contributed by atoms with Gasteiger partial charge in [-0.1, -0.05) is 7.43 Å². The van der Waals surface area contributed by atoms with Gasteiger partial charge in [0.05, 0.1) is 30.9 Å². The van der Waals surface area contributed by atoms with Gasteiger partial charge in [-0.25, -0.2) is 0 Å². The third-order valence-electron chi connectivity index (χ3n) is 6.41. The first kappa shape index (κ1) is 28.7. The maximum Gasteiger partial charge on any atom is 0.186 e. The second-order valence-corrected chi connectivity index (χ2v) is 8.78. The molecule has 196 valence electrons. The van der Waals surface area contributed by atoms with E-state index in [0.29, 0.717) is 0 Å². The van der Waals surface area contributed by atoms with Crippen LogP contribution in [-0.4, -0.2) is 124 Å². The molecule has 3 aliphatic rings. The predicted molar refractivity (Wildman–Crippen MR) is 115 cm³/mol. The Balaban J connectivity index is 0.00000385. The van der Waals surface area contributed by atoms with Crippen LogP contribution in [0.4, 0.5) is 0 Å². The van der Waals surface area contributed by atoms with E-state index >= 15 is 0 Å². The summed E-state index contributed by atoms with van der Waals surface area (Å²) < 4.78 is 22.7. The first-order chi connectivity index (χ1) is 15.1. The highest BCUT2D eigenvalue weighted by Crippen LogP contribution is 2.30. The van der Waals surface area contributed by atoms with Crippen LogP contribution < -0.4 is 28.7 Å². The predicted octanol–water partition coefficient (Wildman–Crippen LogP) is -5.66. The summed E-state index contributed by atoms with van der Waals surface area (Å²) in [5, 5.41) is 50.7. The van der Waals surface area contributed by atoms with Crippen LogP contribution in [0.2, 0.25) is 0 Å². The van der Waals surface area contributed by atoms with Crippen LogP contribution >= 0.6 is 0 Å². The molecule has 2 aliphatic heterocycles. The molecule has 2 saturated heterocycles. The second kappa shape index (κ2) is 11.9. The van der Waals surface area contributed by atoms with Crippen molar-refractivity contribution in [1.82, 2.24) is 0 Å². The van der Waals surface area contributed by atoms with Gasteiger partial charge in [0.25, 0.3) is 0 Å². The third kappa shape index (κ3) is 5.99. The molecule has 1 saturated carbocycles. The second-order valence-electron chi connectivity index (χ2n) is 8.78. The maximum absolute atomic E-state index is 11.0. The van der Waals surface area contributed by atoms with Crippen LogP contribution in [0.3, 0.4) is 0 Å². The average Bonchev–Trinajstić information content (AvgIpc) is 2.75. The normalized spacial score (nSPS) is 51.1. The first-order valence-corrected chi connectivity index (χ1v) is 10.8. The average molecular weight is 484 g/mol. The highest BCUT2D eigenvalue weighted by molar-refractivity contribution is 5.01. The van der Waals surface area contributed by atoms with Gasteiger partial charge in [-0.15, -0.1) is 0 Å². The highest BCUT2D eigenvalue weighted by atomic mass is 16.7. The molecular formula is C19H41N5O9. The van der Waals surface area contributed by atoms with Crippen LogP contribution in [-0.2, 0) is 18.9 Å². The molecule has 14 nitrogen and oxygen atoms in total. The summed E-state index contributed by atoms with van der Waals surface area (Å²) in [6.07, 6.45) is -10.8. The van der Waals surface area contributed by atoms with Crippen LogP contribution in [0.5, 0.6) is 0 Å². The van der Waals surface area contributed by atoms with E-state index in [1.807, 2.05) is 0 Å². The fraction of sp³-hybridized carbons (Fsp3) is 1.00. The lowest BCUT2D eigenvalue weighted by Gasteiger charge is -2.47. The molecule has 0 aromatic rings. The van der Waals surface area contributed by atoms with Gasteiger partial charge in [-0.05, 0) is 12.8 Å². The Labute approximate surface area is 192 Å². The lowest BCUT2D eigenvalue weighted by molar-refractivity contribution is -0.314. The molecule has 0 aromatic heterocycles. The fourth-order valence-corrected chi connectivity index (χ4v) is 4.43. The number of aliphatic hydroxyl groups is 5. The Hall–Kier alpha value is -0.560. The lowest BCUT2D eigenvalue weighted by atomic mass is 9.84. The molecule has 1 aliphatic carbocycles. The number of nitrogens with two attached hydrogens (primary N) is 5. The van der Waals surface area contributed by atoms with Crippen LogP contribution in [0.25, 0.3) is 0 Å². The molecule has 0 radical (unpaired) electrons. The van der Waals surface area contributed by atoms with Gasteiger partial charge in [-0.3, -0.25) is 0 Å². The molecule has 0 bridgehead atoms. The minimum Gasteiger partial charge on any atom is -0.394 e. The minimum atomic E-state index is -1.44. The Morgan fingerprint density at radius 1 is 0.727 bits per heavy atom. The number of hydrogen-bond donors (Lipinski definition) is 10. The Bertz CT molecular complexity index is 608. The largest absolute Gasteiger partial charge is 0.394 e. The van der Waals surface area contributed by atoms with Crippen molar-refractivity contribution in [3.63, 3.8) is 0 Å². The highest BCUT2D eigenvalue weighted by Gasteiger charge is 2.50. The summed E-state index contributed by atoms with van der Waals surface area (Å²) in [6, 6.07) is -3.27. The van der Waals surface area contributed by atoms with Gasteiger partial charge in [0.2, 0.25) is 0 Å². The van der Waals surface area contributed by atoms with Crippen molar-refractivity contribution in [3.8, 4) is 0 Å². The Kier molecular flexibility index (Phi) is 10.4. The van der Waals surface area contributed by atoms with E-state index in [0.717, 1.165) is 0 Å². The van der Waals surface area contributed by atoms with Gasteiger partial charge in [0.15, 0.2) is 12.6 Å². The van der Waals surface area contributed by atoms with E-state index in [1.165, 1.54) is 0 Å². The number of rotatable bonds is 6. The van der Waals surface area contributed by atoms with Crippen LogP contribution in [0, 0.1) is 0 Å². The number of hydrogen-bond acceptors (Lipinski definition) is 14. The van der Waals surface area contributed by atoms with Crippen molar-refractivity contribution >= 4 is 0 Å². The van der Waals surface area contributed by atoms with E-state index in [9.17, 15) is 25.5 Å². The van der Waals surface area contributed by atoms with Gasteiger partial charge >= 0.3 is 0 Å². The molecule has 0 spiro atoms. The fourth-order valence-electron chi connectivity index (χ4n) is 4.43. The lowest BCUT2D eigenvalue weighted by Crippen LogP contribution is -2.68. The molecule has 3 fully saturated rings. The van der Waals surface area contributed by atoms with Crippen molar-refractivity contribution in [1.29, 1.82) is 0 Å². The van der Waals surface area contributed by atoms with Crippen molar-refractivity contribution in [2.45, 2.75) is 106 Å². The standard InChI is InChI=1S/C18H37N5O9.CH4/c19-3-9-8(25)2-7(22)17(29-9)31-15-5(20)1-6(21)16(14(15)28)32-18-13(27)11(23)12(26)10(4-24)30-18;/h5-18,24-28H,1-4,19-23H2;1H4/t5-,6+,7+,8-,9+,10+,11-,12+,13+,14-,15+,16-,17+,18+;/m0./s1. The minimum absolute atomic E-state index is 0. The summed E-state index contributed by atoms with van der Waals surface area (Å²) in [6.45, 7) is -0.499. The summed E-state index contributed by atoms with van der Waals surface area (Å²) in [5.74, 6) is 0. The van der Waals surface area contributed by atoms with Gasteiger partial charge in [-0.2, -0.15) is 0 Å². The summed E-state index contributed by atoms with van der Waals surface area (Å²) >= 11 is 0. The van der Waals surface area contributed by atoms with Crippen LogP contribution in [0.1, 0.15) is 20.3 Å². The van der Waals surface area contributed by atoms with Gasteiger partial charge < -0.3 is 73.1 Å². The van der Waals surface area contributed by atoms with Crippen molar-refractivity contribution in [3.05, 3.63) is 0 Å². The number of ether oxygens (including phenoxy) is 4. The molecule has 15 N–H and O–H groups in total. The summed E-state index contributed by atoms with van der Waals surface area (Å²) in [7, 11) is 0. The molecule has 33 heavy (non-hydrogen) atoms. The smallest absolute Gasteiger partial charge is 0.186 e. The SMILES string of the molecule is C.NC[C@H]1O[C@H](O[C@H]2[C@H](O)[C@@H](O[C@H]3O[C@H](CO)[C@@H](O)[C@H](N)[C@H]3O)[C@H](N)C[C@@H]2N)[C@H](N)C[C@@H]1O. The molecule has 3 rings (SSSR count). The van der Waals surface area contributed by atoms with E-state index in [-0.39, 0.29) is 26.8 Å². The zero-order chi connectivity index (χ0) is 23.7. The van der Waals surface area contributed by atoms with Crippen LogP contribution in [0.15, 0.2) is 0 Å². The van der Waals surface area contributed by atoms with E-state index in [2.05, 4.69) is 0 Å². The summed E-state index contributed by atoms with van der Waals surface area (Å²) in [5.41, 5.74) is 29.8. The van der Waals surface area contributed by atoms with Crippen molar-refractivity contribution < 1.29 is 44.5 Å². The van der Waals surface area contributed by atoms with Crippen molar-refractivity contribution in [2.24, 2.45) is 28.7 Å². The Morgan fingerprint density at radius 3 is 1.82 bits per heavy atom. The molecule has 2 heterocycles. The Morgan fingerprint density at radius 2 is 1.27 bits per heavy atom. The summed E-state index contributed by atoms with van der Waals surface area (Å²) in [4.78, 5) is 0.